The molecule has 92 heavy (non-hydrogen) atoms. The number of hydrogen-bond acceptors (Lipinski definition) is 15. The molecule has 0 rings (SSSR count). The van der Waals surface area contributed by atoms with Crippen LogP contribution in [0.15, 0.2) is 0 Å². The summed E-state index contributed by atoms with van der Waals surface area (Å²) in [6.45, 7) is 7.22. The Kier molecular flexibility index (Phi) is 64.9. The third-order valence-electron chi connectivity index (χ3n) is 17.0. The van der Waals surface area contributed by atoms with E-state index in [1.807, 2.05) is 0 Å². The molecule has 546 valence electrons. The van der Waals surface area contributed by atoms with Crippen molar-refractivity contribution in [3.05, 3.63) is 0 Å². The van der Waals surface area contributed by atoms with E-state index in [0.29, 0.717) is 31.6 Å². The normalized spacial score (nSPS) is 14.0. The molecule has 0 fully saturated rings. The van der Waals surface area contributed by atoms with Crippen molar-refractivity contribution >= 4 is 39.5 Å². The van der Waals surface area contributed by atoms with Crippen molar-refractivity contribution < 1.29 is 80.2 Å². The molecule has 0 amide bonds. The summed E-state index contributed by atoms with van der Waals surface area (Å²) in [5, 5.41) is 10.6. The van der Waals surface area contributed by atoms with E-state index in [4.69, 9.17) is 37.0 Å². The van der Waals surface area contributed by atoms with E-state index in [9.17, 15) is 43.2 Å². The minimum atomic E-state index is -4.95. The van der Waals surface area contributed by atoms with Gasteiger partial charge in [-0.15, -0.1) is 0 Å². The van der Waals surface area contributed by atoms with Crippen LogP contribution in [0.5, 0.6) is 0 Å². The average Bonchev–Trinajstić information content (AvgIpc) is 3.38. The number of aliphatic hydroxyl groups excluding tert-OH is 1. The van der Waals surface area contributed by atoms with E-state index in [2.05, 4.69) is 34.6 Å². The van der Waals surface area contributed by atoms with Crippen LogP contribution < -0.4 is 0 Å². The summed E-state index contributed by atoms with van der Waals surface area (Å²) in [4.78, 5) is 72.7. The third-order valence-corrected chi connectivity index (χ3v) is 18.9. The second kappa shape index (κ2) is 66.3. The van der Waals surface area contributed by atoms with Gasteiger partial charge in [0.2, 0.25) is 0 Å². The minimum Gasteiger partial charge on any atom is -0.462 e. The Morgan fingerprint density at radius 1 is 0.293 bits per heavy atom. The van der Waals surface area contributed by atoms with Crippen molar-refractivity contribution in [2.75, 3.05) is 39.6 Å². The molecular formula is C73H142O17P2. The van der Waals surface area contributed by atoms with Gasteiger partial charge in [-0.1, -0.05) is 330 Å². The summed E-state index contributed by atoms with van der Waals surface area (Å²) in [7, 11) is -9.90. The second-order valence-electron chi connectivity index (χ2n) is 26.8. The molecule has 5 atom stereocenters. The van der Waals surface area contributed by atoms with Crippen LogP contribution in [-0.2, 0) is 65.4 Å². The highest BCUT2D eigenvalue weighted by Gasteiger charge is 2.30. The van der Waals surface area contributed by atoms with Crippen molar-refractivity contribution in [3.8, 4) is 0 Å². The summed E-state index contributed by atoms with van der Waals surface area (Å²) >= 11 is 0. The van der Waals surface area contributed by atoms with Gasteiger partial charge in [0.1, 0.15) is 19.3 Å². The fourth-order valence-electron chi connectivity index (χ4n) is 11.2. The van der Waals surface area contributed by atoms with Gasteiger partial charge < -0.3 is 33.8 Å². The number of esters is 4. The lowest BCUT2D eigenvalue weighted by Gasteiger charge is -2.21. The molecule has 0 aromatic heterocycles. The Labute approximate surface area is 562 Å². The summed E-state index contributed by atoms with van der Waals surface area (Å²) in [6.07, 6.45) is 54.1. The van der Waals surface area contributed by atoms with Gasteiger partial charge in [0, 0.05) is 25.7 Å². The van der Waals surface area contributed by atoms with Crippen LogP contribution >= 0.6 is 15.6 Å². The standard InChI is InChI=1S/C73H142O17P2/c1-6-9-12-15-18-21-24-26-28-30-32-35-38-43-49-54-59-73(78)89-68(62-83-70(75)56-51-46-41-36-34-31-29-27-25-22-19-16-13-10-7-2)64-87-91(79,80)85-60-67(74)61-86-92(81,82)88-65-69(63-84-71(76)57-52-47-44-39-40-45-50-55-66(4)5)90-72(77)58-53-48-42-37-33-23-20-17-14-11-8-3/h66-69,74H,6-65H2,1-5H3,(H,79,80)(H,81,82)/t67-,68-,69-/m1/s1. The number of phosphoric ester groups is 2. The largest absolute Gasteiger partial charge is 0.472 e. The SMILES string of the molecule is CCCCCCCCCCCCCCCCCCC(=O)O[C@H](COC(=O)CCCCCCCCCCCCCCCCC)COP(=O)(O)OC[C@@H](O)COP(=O)(O)OC[C@@H](COC(=O)CCCCCCCCCC(C)C)OC(=O)CCCCCCCCCCCCC. The van der Waals surface area contributed by atoms with Crippen molar-refractivity contribution in [2.24, 2.45) is 5.92 Å². The summed E-state index contributed by atoms with van der Waals surface area (Å²) in [5.41, 5.74) is 0. The van der Waals surface area contributed by atoms with Gasteiger partial charge in [0.25, 0.3) is 0 Å². The maximum atomic E-state index is 13.1. The van der Waals surface area contributed by atoms with Crippen LogP contribution in [0.3, 0.4) is 0 Å². The summed E-state index contributed by atoms with van der Waals surface area (Å²) in [6, 6.07) is 0. The van der Waals surface area contributed by atoms with Crippen LogP contribution in [-0.4, -0.2) is 96.7 Å². The Morgan fingerprint density at radius 2 is 0.500 bits per heavy atom. The Balaban J connectivity index is 5.24. The molecule has 2 unspecified atom stereocenters. The Hall–Kier alpha value is -1.94. The van der Waals surface area contributed by atoms with Crippen molar-refractivity contribution in [2.45, 2.75) is 400 Å². The van der Waals surface area contributed by atoms with E-state index in [-0.39, 0.29) is 25.7 Å². The van der Waals surface area contributed by atoms with E-state index < -0.39 is 97.5 Å². The number of carbonyl (C=O) groups excluding carboxylic acids is 4. The first-order valence-electron chi connectivity index (χ1n) is 38.1. The molecule has 0 aromatic carbocycles. The molecule has 17 nitrogen and oxygen atoms in total. The maximum absolute atomic E-state index is 13.1. The van der Waals surface area contributed by atoms with Crippen molar-refractivity contribution in [1.82, 2.24) is 0 Å². The maximum Gasteiger partial charge on any atom is 0.472 e. The summed E-state index contributed by atoms with van der Waals surface area (Å²) < 4.78 is 68.4. The Morgan fingerprint density at radius 3 is 0.739 bits per heavy atom. The number of phosphoric acid groups is 2. The molecule has 0 aliphatic rings. The Bertz CT molecular complexity index is 1770. The average molecular weight is 1350 g/mol. The van der Waals surface area contributed by atoms with Gasteiger partial charge in [-0.05, 0) is 31.6 Å². The summed E-state index contributed by atoms with van der Waals surface area (Å²) in [5.74, 6) is -1.41. The zero-order valence-electron chi connectivity index (χ0n) is 59.7. The van der Waals surface area contributed by atoms with E-state index >= 15 is 0 Å². The monoisotopic (exact) mass is 1350 g/mol. The van der Waals surface area contributed by atoms with Crippen LogP contribution in [0.25, 0.3) is 0 Å². The topological polar surface area (TPSA) is 237 Å². The van der Waals surface area contributed by atoms with Gasteiger partial charge in [-0.25, -0.2) is 9.13 Å². The molecule has 0 aliphatic carbocycles. The quantitative estimate of drug-likeness (QED) is 0.0222. The van der Waals surface area contributed by atoms with Crippen molar-refractivity contribution in [3.63, 3.8) is 0 Å². The zero-order valence-corrected chi connectivity index (χ0v) is 61.5. The van der Waals surface area contributed by atoms with Crippen molar-refractivity contribution in [1.29, 1.82) is 0 Å². The lowest BCUT2D eigenvalue weighted by Crippen LogP contribution is -2.30. The number of carbonyl (C=O) groups is 4. The molecule has 0 saturated carbocycles. The van der Waals surface area contributed by atoms with Crippen LogP contribution in [0.4, 0.5) is 0 Å². The number of rotatable bonds is 73. The molecule has 0 aliphatic heterocycles. The second-order valence-corrected chi connectivity index (χ2v) is 29.7. The molecule has 0 radical (unpaired) electrons. The smallest absolute Gasteiger partial charge is 0.462 e. The fraction of sp³-hybridized carbons (Fsp3) is 0.945. The lowest BCUT2D eigenvalue weighted by molar-refractivity contribution is -0.161. The molecule has 0 saturated heterocycles. The molecule has 0 bridgehead atoms. The van der Waals surface area contributed by atoms with Crippen LogP contribution in [0, 0.1) is 5.92 Å². The third kappa shape index (κ3) is 66.7. The molecular weight excluding hydrogens is 1210 g/mol. The molecule has 3 N–H and O–H groups in total. The number of ether oxygens (including phenoxy) is 4. The van der Waals surface area contributed by atoms with Gasteiger partial charge >= 0.3 is 39.5 Å². The minimum absolute atomic E-state index is 0.106. The lowest BCUT2D eigenvalue weighted by atomic mass is 10.0. The van der Waals surface area contributed by atoms with E-state index in [0.717, 1.165) is 96.3 Å². The van der Waals surface area contributed by atoms with Gasteiger partial charge in [-0.3, -0.25) is 37.3 Å². The zero-order chi connectivity index (χ0) is 67.7. The highest BCUT2D eigenvalue weighted by molar-refractivity contribution is 7.47. The first kappa shape index (κ1) is 90.1. The predicted molar refractivity (Wildman–Crippen MR) is 372 cm³/mol. The molecule has 19 heteroatoms. The van der Waals surface area contributed by atoms with Crippen LogP contribution in [0.1, 0.15) is 381 Å². The predicted octanol–water partition coefficient (Wildman–Crippen LogP) is 21.3. The van der Waals surface area contributed by atoms with E-state index in [1.165, 1.54) is 199 Å². The number of hydrogen-bond donors (Lipinski definition) is 3. The molecule has 0 aromatic rings. The molecule has 0 heterocycles. The highest BCUT2D eigenvalue weighted by Crippen LogP contribution is 2.45. The number of aliphatic hydroxyl groups is 1. The highest BCUT2D eigenvalue weighted by atomic mass is 31.2. The first-order valence-corrected chi connectivity index (χ1v) is 41.1. The van der Waals surface area contributed by atoms with Gasteiger partial charge in [-0.2, -0.15) is 0 Å². The van der Waals surface area contributed by atoms with Gasteiger partial charge in [0.15, 0.2) is 12.2 Å². The van der Waals surface area contributed by atoms with Gasteiger partial charge in [0.05, 0.1) is 26.4 Å². The first-order chi connectivity index (χ1) is 44.5. The van der Waals surface area contributed by atoms with E-state index in [1.54, 1.807) is 0 Å². The molecule has 0 spiro atoms. The van der Waals surface area contributed by atoms with Crippen LogP contribution in [0.2, 0.25) is 0 Å². The fourth-order valence-corrected chi connectivity index (χ4v) is 12.8. The number of unbranched alkanes of at least 4 members (excludes halogenated alkanes) is 45.